The Morgan fingerprint density at radius 2 is 2.12 bits per heavy atom. The molecule has 1 N–H and O–H groups in total. The number of hydrogen-bond donors (Lipinski definition) is 1. The van der Waals surface area contributed by atoms with Gasteiger partial charge in [0, 0.05) is 48.1 Å². The Balaban J connectivity index is 1.45. The van der Waals surface area contributed by atoms with Crippen LogP contribution in [0.1, 0.15) is 12.0 Å². The number of carbonyl (C=O) groups is 2. The maximum absolute atomic E-state index is 12.4. The second-order valence-corrected chi connectivity index (χ2v) is 7.15. The highest BCUT2D eigenvalue weighted by Gasteiger charge is 2.26. The number of carbonyl (C=O) groups excluding carboxylic acids is 2. The number of hydrogen-bond acceptors (Lipinski definition) is 3. The standard InChI is InChI=1S/C18H19N3O2S/c22-17(12-21-9-10-24-18(21)23)20-7-5-13(6-8-20)15-11-19-16-4-2-1-3-14(15)16/h1-5,11,19H,6-10,12H2. The van der Waals surface area contributed by atoms with Crippen LogP contribution in [0.15, 0.2) is 36.5 Å². The zero-order chi connectivity index (χ0) is 16.5. The summed E-state index contributed by atoms with van der Waals surface area (Å²) in [6, 6.07) is 8.26. The summed E-state index contributed by atoms with van der Waals surface area (Å²) < 4.78 is 0. The van der Waals surface area contributed by atoms with Gasteiger partial charge in [-0.25, -0.2) is 0 Å². The maximum atomic E-state index is 12.4. The summed E-state index contributed by atoms with van der Waals surface area (Å²) in [7, 11) is 0. The molecule has 2 aromatic rings. The molecule has 2 amide bonds. The van der Waals surface area contributed by atoms with E-state index in [2.05, 4.69) is 23.2 Å². The van der Waals surface area contributed by atoms with E-state index in [1.807, 2.05) is 23.2 Å². The van der Waals surface area contributed by atoms with E-state index in [0.29, 0.717) is 19.6 Å². The number of benzene rings is 1. The first-order valence-corrected chi connectivity index (χ1v) is 9.16. The molecule has 24 heavy (non-hydrogen) atoms. The van der Waals surface area contributed by atoms with Gasteiger partial charge in [0.25, 0.3) is 5.24 Å². The number of amides is 2. The Kier molecular flexibility index (Phi) is 4.06. The van der Waals surface area contributed by atoms with Crippen LogP contribution in [0.25, 0.3) is 16.5 Å². The summed E-state index contributed by atoms with van der Waals surface area (Å²) >= 11 is 1.29. The van der Waals surface area contributed by atoms with Crippen LogP contribution in [0.5, 0.6) is 0 Å². The fourth-order valence-corrected chi connectivity index (χ4v) is 4.13. The Morgan fingerprint density at radius 3 is 2.88 bits per heavy atom. The van der Waals surface area contributed by atoms with Crippen LogP contribution in [-0.4, -0.2) is 57.9 Å². The number of nitrogens with zero attached hydrogens (tertiary/aromatic N) is 2. The molecule has 4 rings (SSSR count). The van der Waals surface area contributed by atoms with Crippen LogP contribution in [0.4, 0.5) is 4.79 Å². The number of rotatable bonds is 3. The highest BCUT2D eigenvalue weighted by Crippen LogP contribution is 2.29. The number of nitrogens with one attached hydrogen (secondary N) is 1. The fourth-order valence-electron chi connectivity index (χ4n) is 3.31. The number of H-pyrrole nitrogens is 1. The zero-order valence-corrected chi connectivity index (χ0v) is 14.1. The fraction of sp³-hybridized carbons (Fsp3) is 0.333. The lowest BCUT2D eigenvalue weighted by molar-refractivity contribution is -0.131. The SMILES string of the molecule is O=C(CN1CCSC1=O)N1CC=C(c2c[nH]c3ccccc23)CC1. The van der Waals surface area contributed by atoms with Crippen molar-refractivity contribution in [1.82, 2.24) is 14.8 Å². The summed E-state index contributed by atoms with van der Waals surface area (Å²) in [6.07, 6.45) is 5.03. The van der Waals surface area contributed by atoms with Gasteiger partial charge in [-0.1, -0.05) is 36.0 Å². The molecule has 2 aliphatic heterocycles. The quantitative estimate of drug-likeness (QED) is 0.934. The van der Waals surface area contributed by atoms with Crippen LogP contribution in [-0.2, 0) is 4.79 Å². The Bertz CT molecular complexity index is 827. The molecule has 0 aliphatic carbocycles. The topological polar surface area (TPSA) is 56.4 Å². The van der Waals surface area contributed by atoms with Gasteiger partial charge < -0.3 is 14.8 Å². The van der Waals surface area contributed by atoms with Crippen molar-refractivity contribution in [1.29, 1.82) is 0 Å². The first-order chi connectivity index (χ1) is 11.7. The molecule has 1 saturated heterocycles. The smallest absolute Gasteiger partial charge is 0.282 e. The first-order valence-electron chi connectivity index (χ1n) is 8.17. The molecular formula is C18H19N3O2S. The van der Waals surface area contributed by atoms with Gasteiger partial charge in [-0.2, -0.15) is 0 Å². The lowest BCUT2D eigenvalue weighted by Gasteiger charge is -2.28. The van der Waals surface area contributed by atoms with Crippen LogP contribution >= 0.6 is 11.8 Å². The molecule has 3 heterocycles. The molecule has 0 radical (unpaired) electrons. The average molecular weight is 341 g/mol. The number of fused-ring (bicyclic) bond motifs is 1. The van der Waals surface area contributed by atoms with Crippen molar-refractivity contribution < 1.29 is 9.59 Å². The second kappa shape index (κ2) is 6.36. The van der Waals surface area contributed by atoms with Gasteiger partial charge in [0.05, 0.1) is 0 Å². The van der Waals surface area contributed by atoms with Gasteiger partial charge in [-0.3, -0.25) is 9.59 Å². The minimum absolute atomic E-state index is 0.0235. The highest BCUT2D eigenvalue weighted by atomic mass is 32.2. The monoisotopic (exact) mass is 341 g/mol. The summed E-state index contributed by atoms with van der Waals surface area (Å²) in [5, 5.41) is 1.25. The molecule has 0 unspecified atom stereocenters. The highest BCUT2D eigenvalue weighted by molar-refractivity contribution is 8.13. The van der Waals surface area contributed by atoms with Crippen molar-refractivity contribution in [2.45, 2.75) is 6.42 Å². The molecule has 1 aromatic carbocycles. The third-order valence-corrected chi connectivity index (χ3v) is 5.56. The molecule has 2 aliphatic rings. The lowest BCUT2D eigenvalue weighted by Crippen LogP contribution is -2.42. The number of aromatic nitrogens is 1. The summed E-state index contributed by atoms with van der Waals surface area (Å²) in [5.74, 6) is 0.830. The van der Waals surface area contributed by atoms with E-state index in [1.54, 1.807) is 4.90 Å². The predicted octanol–water partition coefficient (Wildman–Crippen LogP) is 2.95. The maximum Gasteiger partial charge on any atom is 0.282 e. The number of para-hydroxylation sites is 1. The molecule has 0 spiro atoms. The van der Waals surface area contributed by atoms with Gasteiger partial charge in [-0.15, -0.1) is 0 Å². The molecule has 5 nitrogen and oxygen atoms in total. The van der Waals surface area contributed by atoms with Crippen LogP contribution in [0.2, 0.25) is 0 Å². The van der Waals surface area contributed by atoms with E-state index < -0.39 is 0 Å². The Labute approximate surface area is 144 Å². The minimum Gasteiger partial charge on any atom is -0.361 e. The van der Waals surface area contributed by atoms with Crippen molar-refractivity contribution in [3.63, 3.8) is 0 Å². The van der Waals surface area contributed by atoms with E-state index in [1.165, 1.54) is 28.3 Å². The van der Waals surface area contributed by atoms with Crippen molar-refractivity contribution in [2.24, 2.45) is 0 Å². The van der Waals surface area contributed by atoms with Crippen LogP contribution in [0, 0.1) is 0 Å². The largest absolute Gasteiger partial charge is 0.361 e. The lowest BCUT2D eigenvalue weighted by atomic mass is 9.99. The summed E-state index contributed by atoms with van der Waals surface area (Å²) in [6.45, 7) is 2.21. The van der Waals surface area contributed by atoms with Crippen LogP contribution in [0.3, 0.4) is 0 Å². The van der Waals surface area contributed by atoms with E-state index >= 15 is 0 Å². The van der Waals surface area contributed by atoms with E-state index in [0.717, 1.165) is 17.7 Å². The molecule has 6 heteroatoms. The van der Waals surface area contributed by atoms with Gasteiger partial charge in [0.1, 0.15) is 6.54 Å². The van der Waals surface area contributed by atoms with Gasteiger partial charge in [0.15, 0.2) is 0 Å². The first kappa shape index (κ1) is 15.3. The van der Waals surface area contributed by atoms with Gasteiger partial charge in [0.2, 0.25) is 5.91 Å². The Morgan fingerprint density at radius 1 is 1.25 bits per heavy atom. The van der Waals surface area contributed by atoms with Crippen molar-refractivity contribution in [3.05, 3.63) is 42.1 Å². The third-order valence-electron chi connectivity index (χ3n) is 4.67. The van der Waals surface area contributed by atoms with Gasteiger partial charge >= 0.3 is 0 Å². The molecule has 1 aromatic heterocycles. The van der Waals surface area contributed by atoms with E-state index in [9.17, 15) is 9.59 Å². The molecule has 0 atom stereocenters. The minimum atomic E-state index is 0.0235. The number of thioether (sulfide) groups is 1. The summed E-state index contributed by atoms with van der Waals surface area (Å²) in [5.41, 5.74) is 3.64. The van der Waals surface area contributed by atoms with Gasteiger partial charge in [-0.05, 0) is 18.1 Å². The zero-order valence-electron chi connectivity index (χ0n) is 13.3. The Hall–Kier alpha value is -2.21. The molecule has 124 valence electrons. The third kappa shape index (κ3) is 2.82. The molecule has 0 bridgehead atoms. The molecular weight excluding hydrogens is 322 g/mol. The van der Waals surface area contributed by atoms with E-state index in [4.69, 9.17) is 0 Å². The van der Waals surface area contributed by atoms with E-state index in [-0.39, 0.29) is 17.7 Å². The van der Waals surface area contributed by atoms with Crippen molar-refractivity contribution in [3.8, 4) is 0 Å². The molecule has 1 fully saturated rings. The average Bonchev–Trinajstić information content (AvgIpc) is 3.21. The predicted molar refractivity (Wildman–Crippen MR) is 96.9 cm³/mol. The molecule has 0 saturated carbocycles. The second-order valence-electron chi connectivity index (χ2n) is 6.10. The number of aromatic amines is 1. The summed E-state index contributed by atoms with van der Waals surface area (Å²) in [4.78, 5) is 30.8. The van der Waals surface area contributed by atoms with Crippen molar-refractivity contribution in [2.75, 3.05) is 31.9 Å². The van der Waals surface area contributed by atoms with Crippen LogP contribution < -0.4 is 0 Å². The normalized spacial score (nSPS) is 18.3. The van der Waals surface area contributed by atoms with Crippen molar-refractivity contribution >= 4 is 39.4 Å².